The Kier molecular flexibility index (Phi) is 7.45. The summed E-state index contributed by atoms with van der Waals surface area (Å²) in [5.41, 5.74) is 11.4. The molecule has 0 heterocycles. The van der Waals surface area contributed by atoms with Gasteiger partial charge in [0.2, 0.25) is 0 Å². The van der Waals surface area contributed by atoms with Gasteiger partial charge in [0.15, 0.2) is 0 Å². The molecule has 0 aromatic heterocycles. The first-order valence-electron chi connectivity index (χ1n) is 13.8. The molecular weight excluding hydrogens is 499 g/mol. The number of hydrogen-bond acceptors (Lipinski definition) is 0. The summed E-state index contributed by atoms with van der Waals surface area (Å²) in [4.78, 5) is 0. The minimum absolute atomic E-state index is 0.814. The first-order valence-corrected chi connectivity index (χ1v) is 15.2. The Morgan fingerprint density at radius 3 is 0.850 bits per heavy atom. The fourth-order valence-electron chi connectivity index (χ4n) is 5.51. The lowest BCUT2D eigenvalue weighted by atomic mass is 10.0. The van der Waals surface area contributed by atoms with Crippen LogP contribution in [0.5, 0.6) is 0 Å². The maximum absolute atomic E-state index is 2.42. The maximum atomic E-state index is 2.42. The van der Waals surface area contributed by atoms with Gasteiger partial charge in [-0.25, -0.2) is 0 Å². The van der Waals surface area contributed by atoms with E-state index in [1.807, 2.05) is 0 Å². The van der Waals surface area contributed by atoms with Crippen LogP contribution in [0.3, 0.4) is 0 Å². The third-order valence-corrected chi connectivity index (χ3v) is 9.61. The normalized spacial score (nSPS) is 11.1. The van der Waals surface area contributed by atoms with Gasteiger partial charge in [-0.2, -0.15) is 0 Å². The second-order valence-electron chi connectivity index (χ2n) is 10.6. The Balaban J connectivity index is 1.58. The Morgan fingerprint density at radius 1 is 0.300 bits per heavy atom. The molecule has 40 heavy (non-hydrogen) atoms. The summed E-state index contributed by atoms with van der Waals surface area (Å²) in [5, 5.41) is 4.13. The van der Waals surface area contributed by atoms with Crippen molar-refractivity contribution >= 4 is 23.8 Å². The molecule has 0 bridgehead atoms. The average molecular weight is 533 g/mol. The number of rotatable bonds is 6. The van der Waals surface area contributed by atoms with E-state index in [0.717, 1.165) is 0 Å². The van der Waals surface area contributed by atoms with E-state index in [1.54, 1.807) is 0 Å². The van der Waals surface area contributed by atoms with Gasteiger partial charge in [-0.05, 0) is 113 Å². The summed E-state index contributed by atoms with van der Waals surface area (Å²) < 4.78 is 0. The standard InChI is InChI=1S/C39H33P/c1-28-19-34(31-13-7-4-8-14-31)25-37(22-28)40(38-23-29(2)20-35(26-38)32-15-9-5-10-16-32)39-24-30(3)21-36(27-39)33-17-11-6-12-18-33/h4-27H,1-3H3. The fraction of sp³-hybridized carbons (Fsp3) is 0.0769. The van der Waals surface area contributed by atoms with Crippen LogP contribution in [0.2, 0.25) is 0 Å². The van der Waals surface area contributed by atoms with Crippen molar-refractivity contribution in [3.63, 3.8) is 0 Å². The predicted molar refractivity (Wildman–Crippen MR) is 176 cm³/mol. The van der Waals surface area contributed by atoms with Crippen molar-refractivity contribution in [3.05, 3.63) is 162 Å². The summed E-state index contributed by atoms with van der Waals surface area (Å²) in [6.07, 6.45) is 0. The molecule has 0 spiro atoms. The van der Waals surface area contributed by atoms with Crippen LogP contribution >= 0.6 is 7.92 Å². The molecule has 0 saturated heterocycles. The zero-order valence-corrected chi connectivity index (χ0v) is 24.2. The van der Waals surface area contributed by atoms with Crippen molar-refractivity contribution in [2.75, 3.05) is 0 Å². The summed E-state index contributed by atoms with van der Waals surface area (Å²) >= 11 is 0. The molecule has 0 aliphatic carbocycles. The van der Waals surface area contributed by atoms with Gasteiger partial charge in [0.25, 0.3) is 0 Å². The topological polar surface area (TPSA) is 0 Å². The summed E-state index contributed by atoms with van der Waals surface area (Å²) in [6, 6.07) is 53.6. The average Bonchev–Trinajstić information content (AvgIpc) is 2.98. The lowest BCUT2D eigenvalue weighted by Gasteiger charge is -2.23. The van der Waals surface area contributed by atoms with Crippen LogP contribution in [-0.2, 0) is 0 Å². The second kappa shape index (κ2) is 11.5. The molecule has 0 saturated carbocycles. The molecule has 0 unspecified atom stereocenters. The molecule has 0 fully saturated rings. The molecule has 0 N–H and O–H groups in total. The third-order valence-electron chi connectivity index (χ3n) is 7.28. The number of benzene rings is 6. The molecule has 6 aromatic rings. The molecule has 0 aliphatic heterocycles. The molecule has 0 amide bonds. The van der Waals surface area contributed by atoms with Crippen LogP contribution in [0, 0.1) is 20.8 Å². The monoisotopic (exact) mass is 532 g/mol. The molecule has 0 radical (unpaired) electrons. The molecule has 6 aromatic carbocycles. The zero-order chi connectivity index (χ0) is 27.5. The highest BCUT2D eigenvalue weighted by molar-refractivity contribution is 7.79. The highest BCUT2D eigenvalue weighted by Gasteiger charge is 2.20. The van der Waals surface area contributed by atoms with E-state index in [0.29, 0.717) is 0 Å². The van der Waals surface area contributed by atoms with E-state index in [2.05, 4.69) is 166 Å². The quantitative estimate of drug-likeness (QED) is 0.188. The van der Waals surface area contributed by atoms with Crippen LogP contribution in [0.4, 0.5) is 0 Å². The summed E-state index contributed by atoms with van der Waals surface area (Å²) in [6.45, 7) is 6.67. The first-order chi connectivity index (χ1) is 19.5. The Morgan fingerprint density at radius 2 is 0.575 bits per heavy atom. The largest absolute Gasteiger partial charge is 0.0622 e. The lowest BCUT2D eigenvalue weighted by molar-refractivity contribution is 1.47. The van der Waals surface area contributed by atoms with Gasteiger partial charge in [-0.15, -0.1) is 0 Å². The van der Waals surface area contributed by atoms with Crippen molar-refractivity contribution in [1.29, 1.82) is 0 Å². The van der Waals surface area contributed by atoms with Gasteiger partial charge in [0.05, 0.1) is 0 Å². The van der Waals surface area contributed by atoms with Crippen LogP contribution in [0.25, 0.3) is 33.4 Å². The smallest absolute Gasteiger partial charge is 0.0133 e. The van der Waals surface area contributed by atoms with Gasteiger partial charge in [-0.1, -0.05) is 127 Å². The molecule has 0 atom stereocenters. The van der Waals surface area contributed by atoms with Crippen LogP contribution in [0.1, 0.15) is 16.7 Å². The van der Waals surface area contributed by atoms with Crippen molar-refractivity contribution in [3.8, 4) is 33.4 Å². The first kappa shape index (κ1) is 26.0. The van der Waals surface area contributed by atoms with Crippen LogP contribution < -0.4 is 15.9 Å². The lowest BCUT2D eigenvalue weighted by Crippen LogP contribution is -2.22. The van der Waals surface area contributed by atoms with E-state index >= 15 is 0 Å². The fourth-order valence-corrected chi connectivity index (χ4v) is 8.21. The third kappa shape index (κ3) is 5.69. The highest BCUT2D eigenvalue weighted by Crippen LogP contribution is 2.38. The van der Waals surface area contributed by atoms with Crippen molar-refractivity contribution in [2.24, 2.45) is 0 Å². The Labute approximate surface area is 239 Å². The van der Waals surface area contributed by atoms with Crippen LogP contribution in [0.15, 0.2) is 146 Å². The van der Waals surface area contributed by atoms with Crippen molar-refractivity contribution < 1.29 is 0 Å². The van der Waals surface area contributed by atoms with Gasteiger partial charge in [0, 0.05) is 0 Å². The zero-order valence-electron chi connectivity index (χ0n) is 23.3. The number of hydrogen-bond donors (Lipinski definition) is 0. The Bertz CT molecular complexity index is 1540. The van der Waals surface area contributed by atoms with Crippen LogP contribution in [-0.4, -0.2) is 0 Å². The Hall–Kier alpha value is -4.25. The van der Waals surface area contributed by atoms with Crippen molar-refractivity contribution in [1.82, 2.24) is 0 Å². The van der Waals surface area contributed by atoms with Crippen molar-refractivity contribution in [2.45, 2.75) is 20.8 Å². The maximum Gasteiger partial charge on any atom is -0.0133 e. The van der Waals surface area contributed by atoms with E-state index in [9.17, 15) is 0 Å². The van der Waals surface area contributed by atoms with Gasteiger partial charge < -0.3 is 0 Å². The second-order valence-corrected chi connectivity index (χ2v) is 12.8. The summed E-state index contributed by atoms with van der Waals surface area (Å²) in [5.74, 6) is 0. The van der Waals surface area contributed by atoms with E-state index in [-0.39, 0.29) is 0 Å². The van der Waals surface area contributed by atoms with E-state index < -0.39 is 7.92 Å². The van der Waals surface area contributed by atoms with Gasteiger partial charge >= 0.3 is 0 Å². The van der Waals surface area contributed by atoms with E-state index in [1.165, 1.54) is 66.0 Å². The highest BCUT2D eigenvalue weighted by atomic mass is 31.1. The molecule has 1 heteroatoms. The van der Waals surface area contributed by atoms with E-state index in [4.69, 9.17) is 0 Å². The van der Waals surface area contributed by atoms with Gasteiger partial charge in [0.1, 0.15) is 0 Å². The summed E-state index contributed by atoms with van der Waals surface area (Å²) in [7, 11) is -0.814. The molecule has 6 rings (SSSR count). The number of aryl methyl sites for hydroxylation is 3. The SMILES string of the molecule is Cc1cc(-c2ccccc2)cc(P(c2cc(C)cc(-c3ccccc3)c2)c2cc(C)cc(-c3ccccc3)c2)c1. The molecule has 0 nitrogen and oxygen atoms in total. The van der Waals surface area contributed by atoms with Gasteiger partial charge in [-0.3, -0.25) is 0 Å². The minimum atomic E-state index is -0.814. The predicted octanol–water partition coefficient (Wildman–Crippen LogP) is 9.37. The molecule has 194 valence electrons. The molecular formula is C39H33P. The molecule has 0 aliphatic rings. The minimum Gasteiger partial charge on any atom is -0.0622 e.